The molecule has 1 aliphatic rings. The van der Waals surface area contributed by atoms with E-state index in [-0.39, 0.29) is 0 Å². The van der Waals surface area contributed by atoms with E-state index < -0.39 is 0 Å². The average Bonchev–Trinajstić information content (AvgIpc) is 2.25. The summed E-state index contributed by atoms with van der Waals surface area (Å²) in [6.45, 7) is 11.8. The highest BCUT2D eigenvalue weighted by Crippen LogP contribution is 2.12. The monoisotopic (exact) mass is 214 g/mol. The van der Waals surface area contributed by atoms with E-state index in [4.69, 9.17) is 4.74 Å². The van der Waals surface area contributed by atoms with Gasteiger partial charge in [-0.05, 0) is 46.7 Å². The first-order valence-electron chi connectivity index (χ1n) is 6.29. The van der Waals surface area contributed by atoms with Gasteiger partial charge in [-0.25, -0.2) is 0 Å². The maximum Gasteiger partial charge on any atom is 0.0590 e. The van der Waals surface area contributed by atoms with Gasteiger partial charge >= 0.3 is 0 Å². The highest BCUT2D eigenvalue weighted by Gasteiger charge is 2.19. The lowest BCUT2D eigenvalue weighted by Gasteiger charge is -2.35. The summed E-state index contributed by atoms with van der Waals surface area (Å²) < 4.78 is 5.31. The zero-order valence-corrected chi connectivity index (χ0v) is 10.5. The molecule has 0 spiro atoms. The minimum atomic E-state index is 0.703. The fraction of sp³-hybridized carbons (Fsp3) is 1.00. The standard InChI is InChI=1S/C12H26N2O/c1-4-15-10-7-13-12-5-8-14(9-6-12)11(2)3/h11-13H,4-10H2,1-3H3. The highest BCUT2D eigenvalue weighted by molar-refractivity contribution is 4.78. The number of piperidine rings is 1. The van der Waals surface area contributed by atoms with Crippen LogP contribution in [0.5, 0.6) is 0 Å². The van der Waals surface area contributed by atoms with Gasteiger partial charge in [0, 0.05) is 25.2 Å². The molecule has 1 N–H and O–H groups in total. The number of nitrogens with one attached hydrogen (secondary N) is 1. The molecule has 1 aliphatic heterocycles. The van der Waals surface area contributed by atoms with Crippen LogP contribution in [0.1, 0.15) is 33.6 Å². The predicted octanol–water partition coefficient (Wildman–Crippen LogP) is 1.49. The van der Waals surface area contributed by atoms with Crippen LogP contribution in [0, 0.1) is 0 Å². The Labute approximate surface area is 94.2 Å². The molecule has 0 amide bonds. The quantitative estimate of drug-likeness (QED) is 0.678. The normalized spacial score (nSPS) is 20.0. The highest BCUT2D eigenvalue weighted by atomic mass is 16.5. The fourth-order valence-electron chi connectivity index (χ4n) is 2.10. The Hall–Kier alpha value is -0.120. The van der Waals surface area contributed by atoms with Gasteiger partial charge in [0.05, 0.1) is 6.61 Å². The summed E-state index contributed by atoms with van der Waals surface area (Å²) in [6, 6.07) is 1.41. The van der Waals surface area contributed by atoms with Gasteiger partial charge in [0.1, 0.15) is 0 Å². The maximum atomic E-state index is 5.31. The van der Waals surface area contributed by atoms with E-state index in [9.17, 15) is 0 Å². The van der Waals surface area contributed by atoms with Crippen LogP contribution in [0.15, 0.2) is 0 Å². The number of rotatable bonds is 6. The number of hydrogen-bond acceptors (Lipinski definition) is 3. The Morgan fingerprint density at radius 1 is 1.33 bits per heavy atom. The molecule has 0 aromatic rings. The van der Waals surface area contributed by atoms with Gasteiger partial charge in [0.15, 0.2) is 0 Å². The van der Waals surface area contributed by atoms with Gasteiger partial charge in [0.25, 0.3) is 0 Å². The van der Waals surface area contributed by atoms with Crippen LogP contribution in [0.4, 0.5) is 0 Å². The molecule has 3 heteroatoms. The molecule has 0 radical (unpaired) electrons. The predicted molar refractivity (Wildman–Crippen MR) is 64.2 cm³/mol. The molecule has 0 atom stereocenters. The number of likely N-dealkylation sites (tertiary alicyclic amines) is 1. The summed E-state index contributed by atoms with van der Waals surface area (Å²) in [5.74, 6) is 0. The maximum absolute atomic E-state index is 5.31. The largest absolute Gasteiger partial charge is 0.380 e. The van der Waals surface area contributed by atoms with Gasteiger partial charge in [-0.3, -0.25) is 0 Å². The third-order valence-corrected chi connectivity index (χ3v) is 3.14. The van der Waals surface area contributed by atoms with Crippen molar-refractivity contribution in [2.45, 2.75) is 45.7 Å². The second-order valence-electron chi connectivity index (χ2n) is 4.56. The molecular weight excluding hydrogens is 188 g/mol. The molecule has 0 bridgehead atoms. The van der Waals surface area contributed by atoms with Crippen molar-refractivity contribution in [3.05, 3.63) is 0 Å². The zero-order valence-electron chi connectivity index (χ0n) is 10.5. The summed E-state index contributed by atoms with van der Waals surface area (Å²) >= 11 is 0. The Morgan fingerprint density at radius 2 is 2.00 bits per heavy atom. The second kappa shape index (κ2) is 7.20. The second-order valence-corrected chi connectivity index (χ2v) is 4.56. The minimum absolute atomic E-state index is 0.703. The van der Waals surface area contributed by atoms with Crippen LogP contribution in [-0.2, 0) is 4.74 Å². The van der Waals surface area contributed by atoms with Crippen LogP contribution in [0.2, 0.25) is 0 Å². The summed E-state index contributed by atoms with van der Waals surface area (Å²) in [4.78, 5) is 2.56. The van der Waals surface area contributed by atoms with Crippen LogP contribution in [-0.4, -0.2) is 49.8 Å². The van der Waals surface area contributed by atoms with E-state index in [1.165, 1.54) is 25.9 Å². The molecule has 0 saturated carbocycles. The van der Waals surface area contributed by atoms with Gasteiger partial charge in [-0.1, -0.05) is 0 Å². The number of hydrogen-bond donors (Lipinski definition) is 1. The molecule has 1 rings (SSSR count). The summed E-state index contributed by atoms with van der Waals surface area (Å²) in [5, 5.41) is 3.56. The first kappa shape index (κ1) is 12.9. The van der Waals surface area contributed by atoms with E-state index in [0.717, 1.165) is 19.8 Å². The average molecular weight is 214 g/mol. The number of ether oxygens (including phenoxy) is 1. The first-order valence-corrected chi connectivity index (χ1v) is 6.29. The molecule has 1 heterocycles. The molecule has 1 saturated heterocycles. The lowest BCUT2D eigenvalue weighted by molar-refractivity contribution is 0.132. The van der Waals surface area contributed by atoms with Crippen LogP contribution in [0.3, 0.4) is 0 Å². The van der Waals surface area contributed by atoms with Crippen LogP contribution < -0.4 is 5.32 Å². The summed E-state index contributed by atoms with van der Waals surface area (Å²) in [6.07, 6.45) is 2.56. The molecular formula is C12H26N2O. The number of nitrogens with zero attached hydrogens (tertiary/aromatic N) is 1. The molecule has 1 fully saturated rings. The van der Waals surface area contributed by atoms with E-state index in [1.807, 2.05) is 6.92 Å². The molecule has 0 aliphatic carbocycles. The van der Waals surface area contributed by atoms with Gasteiger partial charge in [0.2, 0.25) is 0 Å². The third kappa shape index (κ3) is 4.96. The van der Waals surface area contributed by atoms with E-state index in [0.29, 0.717) is 12.1 Å². The molecule has 0 aromatic carbocycles. The molecule has 0 aromatic heterocycles. The van der Waals surface area contributed by atoms with Crippen molar-refractivity contribution in [2.75, 3.05) is 32.8 Å². The van der Waals surface area contributed by atoms with Crippen molar-refractivity contribution < 1.29 is 4.74 Å². The minimum Gasteiger partial charge on any atom is -0.380 e. The van der Waals surface area contributed by atoms with Gasteiger partial charge in [-0.2, -0.15) is 0 Å². The van der Waals surface area contributed by atoms with Crippen LogP contribution in [0.25, 0.3) is 0 Å². The van der Waals surface area contributed by atoms with Crippen molar-refractivity contribution in [3.8, 4) is 0 Å². The third-order valence-electron chi connectivity index (χ3n) is 3.14. The summed E-state index contributed by atoms with van der Waals surface area (Å²) in [5.41, 5.74) is 0. The molecule has 3 nitrogen and oxygen atoms in total. The van der Waals surface area contributed by atoms with Crippen molar-refractivity contribution in [2.24, 2.45) is 0 Å². The summed E-state index contributed by atoms with van der Waals surface area (Å²) in [7, 11) is 0. The SMILES string of the molecule is CCOCCNC1CCN(C(C)C)CC1. The Bertz CT molecular complexity index is 154. The Kier molecular flexibility index (Phi) is 6.22. The van der Waals surface area contributed by atoms with Gasteiger partial charge in [-0.15, -0.1) is 0 Å². The topological polar surface area (TPSA) is 24.5 Å². The zero-order chi connectivity index (χ0) is 11.1. The van der Waals surface area contributed by atoms with Gasteiger partial charge < -0.3 is 15.0 Å². The van der Waals surface area contributed by atoms with Crippen molar-refractivity contribution in [1.29, 1.82) is 0 Å². The van der Waals surface area contributed by atoms with E-state index >= 15 is 0 Å². The molecule has 0 unspecified atom stereocenters. The lowest BCUT2D eigenvalue weighted by Crippen LogP contribution is -2.45. The fourth-order valence-corrected chi connectivity index (χ4v) is 2.10. The Morgan fingerprint density at radius 3 is 2.53 bits per heavy atom. The van der Waals surface area contributed by atoms with E-state index in [1.54, 1.807) is 0 Å². The smallest absolute Gasteiger partial charge is 0.0590 e. The van der Waals surface area contributed by atoms with Crippen molar-refractivity contribution in [1.82, 2.24) is 10.2 Å². The van der Waals surface area contributed by atoms with Crippen molar-refractivity contribution in [3.63, 3.8) is 0 Å². The van der Waals surface area contributed by atoms with E-state index in [2.05, 4.69) is 24.1 Å². The molecule has 90 valence electrons. The van der Waals surface area contributed by atoms with Crippen molar-refractivity contribution >= 4 is 0 Å². The van der Waals surface area contributed by atoms with Crippen LogP contribution >= 0.6 is 0 Å². The first-order chi connectivity index (χ1) is 7.24. The lowest BCUT2D eigenvalue weighted by atomic mass is 10.0. The Balaban J connectivity index is 2.04. The molecule has 15 heavy (non-hydrogen) atoms.